The third kappa shape index (κ3) is 1.74. The van der Waals surface area contributed by atoms with Gasteiger partial charge in [0.25, 0.3) is 0 Å². The van der Waals surface area contributed by atoms with E-state index in [0.717, 1.165) is 30.6 Å². The van der Waals surface area contributed by atoms with Crippen LogP contribution in [0, 0.1) is 5.82 Å². The van der Waals surface area contributed by atoms with E-state index in [4.69, 9.17) is 0 Å². The van der Waals surface area contributed by atoms with Crippen LogP contribution in [0.3, 0.4) is 0 Å². The van der Waals surface area contributed by atoms with Crippen LogP contribution in [0.1, 0.15) is 24.8 Å². The third-order valence-electron chi connectivity index (χ3n) is 3.16. The molecule has 0 saturated heterocycles. The smallest absolute Gasteiger partial charge is 0.138 e. The summed E-state index contributed by atoms with van der Waals surface area (Å²) in [5.41, 5.74) is 1.68. The number of fused-ring (bicyclic) bond motifs is 1. The number of halogens is 1. The van der Waals surface area contributed by atoms with E-state index in [2.05, 4.69) is 4.98 Å². The first kappa shape index (κ1) is 10.5. The molecule has 1 aromatic carbocycles. The van der Waals surface area contributed by atoms with E-state index in [0.29, 0.717) is 5.82 Å². The summed E-state index contributed by atoms with van der Waals surface area (Å²) in [6.07, 6.45) is 2.89. The van der Waals surface area contributed by atoms with Crippen molar-refractivity contribution in [2.45, 2.75) is 25.5 Å². The average Bonchev–Trinajstić information content (AvgIpc) is 2.74. The Morgan fingerprint density at radius 1 is 1.41 bits per heavy atom. The molecular formula is C13H13FN2O. The molecule has 1 unspecified atom stereocenters. The Bertz CT molecular complexity index is 550. The summed E-state index contributed by atoms with van der Waals surface area (Å²) in [5.74, 6) is 0.435. The largest absolute Gasteiger partial charge is 0.385 e. The molecule has 0 radical (unpaired) electrons. The number of aliphatic hydroxyl groups is 1. The molecule has 3 rings (SSSR count). The quantitative estimate of drug-likeness (QED) is 0.820. The molecule has 1 atom stereocenters. The summed E-state index contributed by atoms with van der Waals surface area (Å²) in [6, 6.07) is 6.45. The van der Waals surface area contributed by atoms with Gasteiger partial charge in [0.15, 0.2) is 0 Å². The van der Waals surface area contributed by atoms with Gasteiger partial charge >= 0.3 is 0 Å². The van der Waals surface area contributed by atoms with Crippen molar-refractivity contribution in [3.63, 3.8) is 0 Å². The number of hydrogen-bond donors (Lipinski definition) is 1. The van der Waals surface area contributed by atoms with Gasteiger partial charge in [0.1, 0.15) is 17.7 Å². The minimum absolute atomic E-state index is 0.255. The van der Waals surface area contributed by atoms with Crippen molar-refractivity contribution in [3.05, 3.63) is 42.1 Å². The minimum Gasteiger partial charge on any atom is -0.385 e. The van der Waals surface area contributed by atoms with E-state index in [1.807, 2.05) is 10.6 Å². The summed E-state index contributed by atoms with van der Waals surface area (Å²) in [7, 11) is 0. The highest BCUT2D eigenvalue weighted by atomic mass is 19.1. The van der Waals surface area contributed by atoms with E-state index < -0.39 is 6.10 Å². The fourth-order valence-corrected chi connectivity index (χ4v) is 2.34. The molecule has 4 heteroatoms. The van der Waals surface area contributed by atoms with Crippen LogP contribution in [0.15, 0.2) is 30.5 Å². The van der Waals surface area contributed by atoms with Crippen molar-refractivity contribution in [1.29, 1.82) is 0 Å². The van der Waals surface area contributed by atoms with Gasteiger partial charge < -0.3 is 9.67 Å². The van der Waals surface area contributed by atoms with Gasteiger partial charge in [-0.3, -0.25) is 0 Å². The topological polar surface area (TPSA) is 38.0 Å². The molecule has 2 aromatic rings. The molecule has 1 aliphatic rings. The second-order valence-corrected chi connectivity index (χ2v) is 4.32. The maximum Gasteiger partial charge on any atom is 0.138 e. The third-order valence-corrected chi connectivity index (χ3v) is 3.16. The lowest BCUT2D eigenvalue weighted by Gasteiger charge is -2.20. The zero-order valence-corrected chi connectivity index (χ0v) is 9.31. The fraction of sp³-hybridized carbons (Fsp3) is 0.308. The molecule has 0 aliphatic carbocycles. The SMILES string of the molecule is OC1CCCn2c(-c3cccc(F)c3)cnc21. The Morgan fingerprint density at radius 3 is 3.12 bits per heavy atom. The molecule has 17 heavy (non-hydrogen) atoms. The van der Waals surface area contributed by atoms with Crippen molar-refractivity contribution in [2.24, 2.45) is 0 Å². The zero-order chi connectivity index (χ0) is 11.8. The molecule has 1 aliphatic heterocycles. The number of aromatic nitrogens is 2. The van der Waals surface area contributed by atoms with E-state index in [1.54, 1.807) is 12.3 Å². The average molecular weight is 232 g/mol. The van der Waals surface area contributed by atoms with Gasteiger partial charge in [0, 0.05) is 12.1 Å². The predicted molar refractivity (Wildman–Crippen MR) is 61.8 cm³/mol. The first-order valence-corrected chi connectivity index (χ1v) is 5.75. The van der Waals surface area contributed by atoms with Crippen LogP contribution >= 0.6 is 0 Å². The standard InChI is InChI=1S/C13H13FN2O/c14-10-4-1-3-9(7-10)11-8-15-13-12(17)5-2-6-16(11)13/h1,3-4,7-8,12,17H,2,5-6H2. The molecule has 1 N–H and O–H groups in total. The van der Waals surface area contributed by atoms with Crippen LogP contribution in [0.2, 0.25) is 0 Å². The lowest BCUT2D eigenvalue weighted by atomic mass is 10.1. The zero-order valence-electron chi connectivity index (χ0n) is 9.31. The predicted octanol–water partition coefficient (Wildman–Crippen LogP) is 2.52. The van der Waals surface area contributed by atoms with Crippen LogP contribution in [0.5, 0.6) is 0 Å². The van der Waals surface area contributed by atoms with Crippen LogP contribution < -0.4 is 0 Å². The Morgan fingerprint density at radius 2 is 2.29 bits per heavy atom. The highest BCUT2D eigenvalue weighted by Crippen LogP contribution is 2.30. The number of rotatable bonds is 1. The summed E-state index contributed by atoms with van der Waals surface area (Å²) >= 11 is 0. The number of benzene rings is 1. The molecule has 1 aromatic heterocycles. The molecule has 0 saturated carbocycles. The Hall–Kier alpha value is -1.68. The molecule has 2 heterocycles. The van der Waals surface area contributed by atoms with Crippen molar-refractivity contribution in [1.82, 2.24) is 9.55 Å². The van der Waals surface area contributed by atoms with Crippen molar-refractivity contribution in [2.75, 3.05) is 0 Å². The van der Waals surface area contributed by atoms with Crippen LogP contribution in [-0.2, 0) is 6.54 Å². The number of nitrogens with zero attached hydrogens (tertiary/aromatic N) is 2. The summed E-state index contributed by atoms with van der Waals surface area (Å²) < 4.78 is 15.2. The van der Waals surface area contributed by atoms with Crippen molar-refractivity contribution < 1.29 is 9.50 Å². The highest BCUT2D eigenvalue weighted by molar-refractivity contribution is 5.59. The first-order valence-electron chi connectivity index (χ1n) is 5.75. The van der Waals surface area contributed by atoms with E-state index >= 15 is 0 Å². The Labute approximate surface area is 98.5 Å². The summed E-state index contributed by atoms with van der Waals surface area (Å²) in [4.78, 5) is 4.23. The Balaban J connectivity index is 2.10. The second-order valence-electron chi connectivity index (χ2n) is 4.32. The minimum atomic E-state index is -0.494. The summed E-state index contributed by atoms with van der Waals surface area (Å²) in [5, 5.41) is 9.82. The van der Waals surface area contributed by atoms with Gasteiger partial charge in [-0.05, 0) is 25.0 Å². The summed E-state index contributed by atoms with van der Waals surface area (Å²) in [6.45, 7) is 0.832. The van der Waals surface area contributed by atoms with E-state index in [1.165, 1.54) is 12.1 Å². The van der Waals surface area contributed by atoms with Gasteiger partial charge in [0.05, 0.1) is 11.9 Å². The van der Waals surface area contributed by atoms with E-state index in [9.17, 15) is 9.50 Å². The molecular weight excluding hydrogens is 219 g/mol. The fourth-order valence-electron chi connectivity index (χ4n) is 2.34. The van der Waals surface area contributed by atoms with Gasteiger partial charge in [-0.2, -0.15) is 0 Å². The maximum atomic E-state index is 13.2. The molecule has 0 amide bonds. The van der Waals surface area contributed by atoms with Crippen molar-refractivity contribution >= 4 is 0 Å². The maximum absolute atomic E-state index is 13.2. The number of imidazole rings is 1. The van der Waals surface area contributed by atoms with Crippen molar-refractivity contribution in [3.8, 4) is 11.3 Å². The number of hydrogen-bond acceptors (Lipinski definition) is 2. The first-order chi connectivity index (χ1) is 8.25. The molecule has 88 valence electrons. The number of aliphatic hydroxyl groups excluding tert-OH is 1. The molecule has 0 spiro atoms. The van der Waals surface area contributed by atoms with Gasteiger partial charge in [0.2, 0.25) is 0 Å². The normalized spacial score (nSPS) is 19.1. The van der Waals surface area contributed by atoms with Crippen LogP contribution in [-0.4, -0.2) is 14.7 Å². The highest BCUT2D eigenvalue weighted by Gasteiger charge is 2.22. The van der Waals surface area contributed by atoms with Gasteiger partial charge in [-0.15, -0.1) is 0 Å². The lowest BCUT2D eigenvalue weighted by molar-refractivity contribution is 0.134. The molecule has 0 bridgehead atoms. The van der Waals surface area contributed by atoms with Gasteiger partial charge in [-0.25, -0.2) is 9.37 Å². The second kappa shape index (κ2) is 3.96. The molecule has 3 nitrogen and oxygen atoms in total. The van der Waals surface area contributed by atoms with Crippen LogP contribution in [0.4, 0.5) is 4.39 Å². The van der Waals surface area contributed by atoms with Crippen LogP contribution in [0.25, 0.3) is 11.3 Å². The van der Waals surface area contributed by atoms with E-state index in [-0.39, 0.29) is 5.82 Å². The molecule has 0 fully saturated rings. The lowest BCUT2D eigenvalue weighted by Crippen LogP contribution is -2.16. The Kier molecular flexibility index (Phi) is 2.44. The monoisotopic (exact) mass is 232 g/mol. The van der Waals surface area contributed by atoms with Gasteiger partial charge in [-0.1, -0.05) is 12.1 Å².